The van der Waals surface area contributed by atoms with E-state index in [-0.39, 0.29) is 0 Å². The van der Waals surface area contributed by atoms with E-state index >= 15 is 0 Å². The third-order valence-corrected chi connectivity index (χ3v) is 3.21. The van der Waals surface area contributed by atoms with Gasteiger partial charge in [-0.1, -0.05) is 18.2 Å². The Balaban J connectivity index is 1.97. The van der Waals surface area contributed by atoms with Crippen molar-refractivity contribution in [3.8, 4) is 0 Å². The first-order chi connectivity index (χ1) is 8.25. The molecule has 0 aliphatic carbocycles. The van der Waals surface area contributed by atoms with Crippen molar-refractivity contribution in [2.45, 2.75) is 26.2 Å². The number of fused-ring (bicyclic) bond motifs is 1. The predicted octanol–water partition coefficient (Wildman–Crippen LogP) is 2.70. The van der Waals surface area contributed by atoms with E-state index in [4.69, 9.17) is 9.15 Å². The Bertz CT molecular complexity index is 542. The van der Waals surface area contributed by atoms with Crippen LogP contribution in [0.15, 0.2) is 34.9 Å². The minimum absolute atomic E-state index is 0.615. The van der Waals surface area contributed by atoms with Crippen LogP contribution in [0.5, 0.6) is 0 Å². The maximum Gasteiger partial charge on any atom is 0.139 e. The number of benzene rings is 1. The lowest BCUT2D eigenvalue weighted by Crippen LogP contribution is -2.00. The molecule has 1 unspecified atom stereocenters. The summed E-state index contributed by atoms with van der Waals surface area (Å²) in [6, 6.07) is 7.79. The molecule has 3 nitrogen and oxygen atoms in total. The molecule has 17 heavy (non-hydrogen) atoms. The molecule has 2 heterocycles. The fourth-order valence-electron chi connectivity index (χ4n) is 2.18. The zero-order chi connectivity index (χ0) is 11.8. The van der Waals surface area contributed by atoms with E-state index < -0.39 is 6.10 Å². The summed E-state index contributed by atoms with van der Waals surface area (Å²) in [5.41, 5.74) is 4.18. The molecule has 0 spiro atoms. The minimum atomic E-state index is -0.698. The zero-order valence-electron chi connectivity index (χ0n) is 9.64. The fourth-order valence-corrected chi connectivity index (χ4v) is 2.18. The summed E-state index contributed by atoms with van der Waals surface area (Å²) in [5.74, 6) is 0.615. The topological polar surface area (TPSA) is 42.6 Å². The van der Waals surface area contributed by atoms with Crippen molar-refractivity contribution in [1.82, 2.24) is 0 Å². The van der Waals surface area contributed by atoms with Crippen LogP contribution in [0.3, 0.4) is 0 Å². The van der Waals surface area contributed by atoms with Gasteiger partial charge in [0.15, 0.2) is 0 Å². The molecule has 88 valence electrons. The number of ether oxygens (including phenoxy) is 1. The molecule has 0 radical (unpaired) electrons. The van der Waals surface area contributed by atoms with Crippen LogP contribution in [-0.2, 0) is 18.0 Å². The molecule has 1 N–H and O–H groups in total. The molecule has 0 bridgehead atoms. The van der Waals surface area contributed by atoms with E-state index in [1.54, 1.807) is 6.26 Å². The summed E-state index contributed by atoms with van der Waals surface area (Å²) >= 11 is 0. The highest BCUT2D eigenvalue weighted by molar-refractivity contribution is 5.37. The lowest BCUT2D eigenvalue weighted by Gasteiger charge is -2.10. The highest BCUT2D eigenvalue weighted by Crippen LogP contribution is 2.29. The summed E-state index contributed by atoms with van der Waals surface area (Å²) in [7, 11) is 0. The standard InChI is InChI=1S/C14H14O3/c1-9-4-5-17-14(9)13(15)10-2-3-11-7-16-8-12(11)6-10/h2-6,13,15H,7-8H2,1H3. The van der Waals surface area contributed by atoms with Gasteiger partial charge in [-0.05, 0) is 35.2 Å². The summed E-state index contributed by atoms with van der Waals surface area (Å²) in [4.78, 5) is 0. The van der Waals surface area contributed by atoms with Crippen molar-refractivity contribution in [3.63, 3.8) is 0 Å². The highest BCUT2D eigenvalue weighted by atomic mass is 16.5. The molecule has 2 aromatic rings. The van der Waals surface area contributed by atoms with Gasteiger partial charge in [-0.15, -0.1) is 0 Å². The second kappa shape index (κ2) is 4.02. The van der Waals surface area contributed by atoms with Gasteiger partial charge in [0.05, 0.1) is 19.5 Å². The van der Waals surface area contributed by atoms with Crippen molar-refractivity contribution >= 4 is 0 Å². The molecule has 1 aromatic carbocycles. The number of furan rings is 1. The van der Waals surface area contributed by atoms with Crippen LogP contribution in [-0.4, -0.2) is 5.11 Å². The lowest BCUT2D eigenvalue weighted by molar-refractivity contribution is 0.134. The number of aryl methyl sites for hydroxylation is 1. The second-order valence-electron chi connectivity index (χ2n) is 4.39. The number of rotatable bonds is 2. The Hall–Kier alpha value is -1.58. The Morgan fingerprint density at radius 2 is 2.00 bits per heavy atom. The van der Waals surface area contributed by atoms with Gasteiger partial charge in [-0.2, -0.15) is 0 Å². The van der Waals surface area contributed by atoms with Crippen molar-refractivity contribution < 1.29 is 14.3 Å². The van der Waals surface area contributed by atoms with E-state index in [0.717, 1.165) is 16.7 Å². The average molecular weight is 230 g/mol. The molecule has 3 rings (SSSR count). The summed E-state index contributed by atoms with van der Waals surface area (Å²) in [5, 5.41) is 10.3. The van der Waals surface area contributed by atoms with Crippen LogP contribution in [0.25, 0.3) is 0 Å². The first kappa shape index (κ1) is 10.6. The smallest absolute Gasteiger partial charge is 0.139 e. The molecule has 0 fully saturated rings. The molecule has 1 aliphatic rings. The van der Waals surface area contributed by atoms with Gasteiger partial charge in [-0.25, -0.2) is 0 Å². The predicted molar refractivity (Wildman–Crippen MR) is 62.4 cm³/mol. The third-order valence-electron chi connectivity index (χ3n) is 3.21. The van der Waals surface area contributed by atoms with Crippen LogP contribution < -0.4 is 0 Å². The Kier molecular flexibility index (Phi) is 2.50. The van der Waals surface area contributed by atoms with Gasteiger partial charge >= 0.3 is 0 Å². The summed E-state index contributed by atoms with van der Waals surface area (Å²) < 4.78 is 10.7. The maximum atomic E-state index is 10.3. The van der Waals surface area contributed by atoms with Gasteiger partial charge in [0.25, 0.3) is 0 Å². The molecule has 1 aliphatic heterocycles. The molecule has 0 saturated heterocycles. The normalized spacial score (nSPS) is 15.9. The number of hydrogen-bond acceptors (Lipinski definition) is 3. The first-order valence-electron chi connectivity index (χ1n) is 5.67. The first-order valence-corrected chi connectivity index (χ1v) is 5.67. The van der Waals surface area contributed by atoms with Gasteiger partial charge in [0.1, 0.15) is 11.9 Å². The van der Waals surface area contributed by atoms with Crippen LogP contribution in [0.2, 0.25) is 0 Å². The molecule has 1 atom stereocenters. The molecule has 0 saturated carbocycles. The van der Waals surface area contributed by atoms with Gasteiger partial charge in [0, 0.05) is 0 Å². The maximum absolute atomic E-state index is 10.3. The van der Waals surface area contributed by atoms with E-state index in [0.29, 0.717) is 19.0 Å². The van der Waals surface area contributed by atoms with Crippen molar-refractivity contribution in [3.05, 3.63) is 58.5 Å². The molecule has 1 aromatic heterocycles. The Labute approximate surface area is 99.6 Å². The number of aliphatic hydroxyl groups excluding tert-OH is 1. The van der Waals surface area contributed by atoms with Crippen molar-refractivity contribution in [1.29, 1.82) is 0 Å². The largest absolute Gasteiger partial charge is 0.466 e. The zero-order valence-corrected chi connectivity index (χ0v) is 9.64. The van der Waals surface area contributed by atoms with Gasteiger partial charge in [-0.3, -0.25) is 0 Å². The molecule has 0 amide bonds. The molecular formula is C14H14O3. The average Bonchev–Trinajstić information content (AvgIpc) is 2.95. The fraction of sp³-hybridized carbons (Fsp3) is 0.286. The second-order valence-corrected chi connectivity index (χ2v) is 4.39. The van der Waals surface area contributed by atoms with Crippen LogP contribution in [0, 0.1) is 6.92 Å². The van der Waals surface area contributed by atoms with Crippen molar-refractivity contribution in [2.24, 2.45) is 0 Å². The molecular weight excluding hydrogens is 216 g/mol. The Morgan fingerprint density at radius 1 is 1.18 bits per heavy atom. The lowest BCUT2D eigenvalue weighted by atomic mass is 10.0. The van der Waals surface area contributed by atoms with E-state index in [1.165, 1.54) is 5.56 Å². The SMILES string of the molecule is Cc1ccoc1C(O)c1ccc2c(c1)COC2. The van der Waals surface area contributed by atoms with E-state index in [9.17, 15) is 5.11 Å². The highest BCUT2D eigenvalue weighted by Gasteiger charge is 2.19. The number of aliphatic hydroxyl groups is 1. The summed E-state index contributed by atoms with van der Waals surface area (Å²) in [6.45, 7) is 3.23. The van der Waals surface area contributed by atoms with Gasteiger partial charge < -0.3 is 14.3 Å². The Morgan fingerprint density at radius 3 is 2.76 bits per heavy atom. The quantitative estimate of drug-likeness (QED) is 0.862. The summed E-state index contributed by atoms with van der Waals surface area (Å²) in [6.07, 6.45) is 0.903. The third kappa shape index (κ3) is 1.77. The van der Waals surface area contributed by atoms with E-state index in [1.807, 2.05) is 31.2 Å². The van der Waals surface area contributed by atoms with Crippen LogP contribution in [0.4, 0.5) is 0 Å². The van der Waals surface area contributed by atoms with Gasteiger partial charge in [0.2, 0.25) is 0 Å². The van der Waals surface area contributed by atoms with Crippen LogP contribution in [0.1, 0.15) is 34.1 Å². The molecule has 3 heteroatoms. The monoisotopic (exact) mass is 230 g/mol. The van der Waals surface area contributed by atoms with Crippen LogP contribution >= 0.6 is 0 Å². The number of hydrogen-bond donors (Lipinski definition) is 1. The van der Waals surface area contributed by atoms with E-state index in [2.05, 4.69) is 0 Å². The van der Waals surface area contributed by atoms with Crippen molar-refractivity contribution in [2.75, 3.05) is 0 Å². The minimum Gasteiger partial charge on any atom is -0.466 e.